The predicted molar refractivity (Wildman–Crippen MR) is 90.3 cm³/mol. The van der Waals surface area contributed by atoms with Crippen LogP contribution in [0.1, 0.15) is 12.5 Å². The molecule has 0 bridgehead atoms. The van der Waals surface area contributed by atoms with Crippen molar-refractivity contribution in [2.45, 2.75) is 25.9 Å². The van der Waals surface area contributed by atoms with Crippen molar-refractivity contribution in [3.63, 3.8) is 0 Å². The van der Waals surface area contributed by atoms with Crippen LogP contribution in [0.15, 0.2) is 48.5 Å². The highest BCUT2D eigenvalue weighted by molar-refractivity contribution is 5.95. The van der Waals surface area contributed by atoms with Crippen molar-refractivity contribution < 1.29 is 9.18 Å². The topological polar surface area (TPSA) is 63.9 Å². The van der Waals surface area contributed by atoms with Gasteiger partial charge in [0.15, 0.2) is 0 Å². The Hall–Kier alpha value is -3.09. The quantitative estimate of drug-likeness (QED) is 0.736. The molecule has 1 amide bonds. The number of halogens is 1. The number of aromatic nitrogens is 4. The van der Waals surface area contributed by atoms with Crippen molar-refractivity contribution in [3.05, 3.63) is 59.9 Å². The molecule has 2 heterocycles. The Labute approximate surface area is 143 Å². The van der Waals surface area contributed by atoms with E-state index in [4.69, 9.17) is 0 Å². The lowest BCUT2D eigenvalue weighted by Crippen LogP contribution is -2.38. The summed E-state index contributed by atoms with van der Waals surface area (Å²) < 4.78 is 13.0. The highest BCUT2D eigenvalue weighted by Crippen LogP contribution is 2.31. The molecule has 1 atom stereocenters. The molecule has 0 saturated heterocycles. The van der Waals surface area contributed by atoms with Crippen LogP contribution in [0.2, 0.25) is 0 Å². The number of anilines is 1. The third-order valence-corrected chi connectivity index (χ3v) is 4.31. The van der Waals surface area contributed by atoms with Crippen LogP contribution in [0.3, 0.4) is 0 Å². The number of para-hydroxylation sites is 1. The van der Waals surface area contributed by atoms with Gasteiger partial charge in [0, 0.05) is 17.3 Å². The molecule has 0 N–H and O–H groups in total. The van der Waals surface area contributed by atoms with Gasteiger partial charge in [-0.15, -0.1) is 10.2 Å². The largest absolute Gasteiger partial charge is 0.307 e. The first kappa shape index (κ1) is 15.4. The van der Waals surface area contributed by atoms with Crippen molar-refractivity contribution in [2.75, 3.05) is 4.90 Å². The fourth-order valence-electron chi connectivity index (χ4n) is 3.17. The Morgan fingerprint density at radius 3 is 2.76 bits per heavy atom. The lowest BCUT2D eigenvalue weighted by molar-refractivity contribution is -0.119. The van der Waals surface area contributed by atoms with Crippen molar-refractivity contribution in [2.24, 2.45) is 0 Å². The first-order chi connectivity index (χ1) is 12.1. The maximum atomic E-state index is 13.0. The van der Waals surface area contributed by atoms with E-state index in [-0.39, 0.29) is 24.3 Å². The number of hydrogen-bond acceptors (Lipinski definition) is 4. The molecule has 0 radical (unpaired) electrons. The molecule has 1 aliphatic heterocycles. The highest BCUT2D eigenvalue weighted by Gasteiger charge is 2.30. The van der Waals surface area contributed by atoms with E-state index in [9.17, 15) is 9.18 Å². The maximum absolute atomic E-state index is 13.0. The van der Waals surface area contributed by atoms with E-state index in [1.165, 1.54) is 22.5 Å². The van der Waals surface area contributed by atoms with E-state index in [1.807, 2.05) is 31.2 Å². The smallest absolute Gasteiger partial charge is 0.250 e. The number of rotatable bonds is 3. The van der Waals surface area contributed by atoms with Gasteiger partial charge < -0.3 is 4.90 Å². The summed E-state index contributed by atoms with van der Waals surface area (Å²) in [5.41, 5.74) is 2.76. The first-order valence-corrected chi connectivity index (χ1v) is 8.05. The molecule has 1 aliphatic rings. The van der Waals surface area contributed by atoms with Gasteiger partial charge in [-0.1, -0.05) is 18.2 Å². The molecule has 1 aromatic heterocycles. The lowest BCUT2D eigenvalue weighted by Gasteiger charge is -2.22. The minimum Gasteiger partial charge on any atom is -0.307 e. The van der Waals surface area contributed by atoms with E-state index in [0.717, 1.165) is 12.1 Å². The normalized spacial score (nSPS) is 16.1. The Bertz CT molecular complexity index is 921. The third-order valence-electron chi connectivity index (χ3n) is 4.31. The molecule has 0 aliphatic carbocycles. The summed E-state index contributed by atoms with van der Waals surface area (Å²) in [6.45, 7) is 2.03. The van der Waals surface area contributed by atoms with Crippen LogP contribution in [-0.2, 0) is 17.8 Å². The average Bonchev–Trinajstić information content (AvgIpc) is 3.18. The van der Waals surface area contributed by atoms with E-state index < -0.39 is 0 Å². The Kier molecular flexibility index (Phi) is 3.76. The highest BCUT2D eigenvalue weighted by atomic mass is 19.1. The first-order valence-electron chi connectivity index (χ1n) is 8.05. The minimum absolute atomic E-state index is 0.00681. The Balaban J connectivity index is 1.53. The van der Waals surface area contributed by atoms with Gasteiger partial charge in [0.25, 0.3) is 5.91 Å². The van der Waals surface area contributed by atoms with E-state index in [2.05, 4.69) is 15.4 Å². The SMILES string of the molecule is CC1Cc2ccccc2N1C(=O)Cn1nnc(-c2ccc(F)cc2)n1. The van der Waals surface area contributed by atoms with Crippen LogP contribution >= 0.6 is 0 Å². The van der Waals surface area contributed by atoms with Gasteiger partial charge >= 0.3 is 0 Å². The molecule has 25 heavy (non-hydrogen) atoms. The molecule has 2 aromatic carbocycles. The van der Waals surface area contributed by atoms with Crippen molar-refractivity contribution in [1.29, 1.82) is 0 Å². The van der Waals surface area contributed by atoms with Gasteiger partial charge in [0.1, 0.15) is 12.4 Å². The second kappa shape index (κ2) is 6.08. The summed E-state index contributed by atoms with van der Waals surface area (Å²) in [4.78, 5) is 15.8. The summed E-state index contributed by atoms with van der Waals surface area (Å²) in [5, 5.41) is 12.1. The maximum Gasteiger partial charge on any atom is 0.250 e. The molecule has 0 spiro atoms. The number of amides is 1. The molecule has 0 saturated carbocycles. The summed E-state index contributed by atoms with van der Waals surface area (Å²) in [6.07, 6.45) is 0.841. The van der Waals surface area contributed by atoms with Gasteiger partial charge in [-0.25, -0.2) is 4.39 Å². The van der Waals surface area contributed by atoms with Crippen LogP contribution in [0, 0.1) is 5.82 Å². The average molecular weight is 337 g/mol. The van der Waals surface area contributed by atoms with Crippen LogP contribution < -0.4 is 4.90 Å². The van der Waals surface area contributed by atoms with Crippen LogP contribution in [0.4, 0.5) is 10.1 Å². The number of nitrogens with zero attached hydrogens (tertiary/aromatic N) is 5. The second-order valence-electron chi connectivity index (χ2n) is 6.10. The van der Waals surface area contributed by atoms with E-state index >= 15 is 0 Å². The fourth-order valence-corrected chi connectivity index (χ4v) is 3.17. The van der Waals surface area contributed by atoms with Crippen LogP contribution in [0.25, 0.3) is 11.4 Å². The fraction of sp³-hybridized carbons (Fsp3) is 0.222. The molecule has 3 aromatic rings. The number of tetrazole rings is 1. The number of benzene rings is 2. The molecule has 1 unspecified atom stereocenters. The number of carbonyl (C=O) groups is 1. The van der Waals surface area contributed by atoms with Crippen LogP contribution in [0.5, 0.6) is 0 Å². The van der Waals surface area contributed by atoms with Crippen molar-refractivity contribution >= 4 is 11.6 Å². The zero-order chi connectivity index (χ0) is 17.4. The molecule has 7 heteroatoms. The monoisotopic (exact) mass is 337 g/mol. The van der Waals surface area contributed by atoms with Gasteiger partial charge in [0.05, 0.1) is 0 Å². The summed E-state index contributed by atoms with van der Waals surface area (Å²) in [7, 11) is 0. The lowest BCUT2D eigenvalue weighted by atomic mass is 10.1. The predicted octanol–water partition coefficient (Wildman–Crippen LogP) is 2.46. The number of carbonyl (C=O) groups excluding carboxylic acids is 1. The van der Waals surface area contributed by atoms with Gasteiger partial charge in [-0.3, -0.25) is 4.79 Å². The number of hydrogen-bond donors (Lipinski definition) is 0. The second-order valence-corrected chi connectivity index (χ2v) is 6.10. The zero-order valence-electron chi connectivity index (χ0n) is 13.6. The zero-order valence-corrected chi connectivity index (χ0v) is 13.6. The molecular formula is C18H16FN5O. The molecule has 6 nitrogen and oxygen atoms in total. The van der Waals surface area contributed by atoms with E-state index in [0.29, 0.717) is 11.4 Å². The van der Waals surface area contributed by atoms with Gasteiger partial charge in [0.2, 0.25) is 5.82 Å². The Morgan fingerprint density at radius 2 is 1.96 bits per heavy atom. The van der Waals surface area contributed by atoms with Crippen LogP contribution in [-0.4, -0.2) is 32.2 Å². The molecular weight excluding hydrogens is 321 g/mol. The standard InChI is InChI=1S/C18H16FN5O/c1-12-10-14-4-2-3-5-16(14)24(12)17(25)11-23-21-18(20-22-23)13-6-8-15(19)9-7-13/h2-9,12H,10-11H2,1H3. The van der Waals surface area contributed by atoms with E-state index in [1.54, 1.807) is 17.0 Å². The van der Waals surface area contributed by atoms with Crippen molar-refractivity contribution in [3.8, 4) is 11.4 Å². The molecule has 4 rings (SSSR count). The Morgan fingerprint density at radius 1 is 1.20 bits per heavy atom. The third kappa shape index (κ3) is 2.88. The van der Waals surface area contributed by atoms with Gasteiger partial charge in [-0.05, 0) is 54.5 Å². The van der Waals surface area contributed by atoms with Crippen molar-refractivity contribution in [1.82, 2.24) is 20.2 Å². The summed E-state index contributed by atoms with van der Waals surface area (Å²) in [5.74, 6) is -0.0452. The van der Waals surface area contributed by atoms with Gasteiger partial charge in [-0.2, -0.15) is 4.80 Å². The molecule has 126 valence electrons. The summed E-state index contributed by atoms with van der Waals surface area (Å²) in [6, 6.07) is 13.8. The molecule has 0 fully saturated rings. The minimum atomic E-state index is -0.326. The number of fused-ring (bicyclic) bond motifs is 1. The summed E-state index contributed by atoms with van der Waals surface area (Å²) >= 11 is 0.